The first-order chi connectivity index (χ1) is 9.56. The highest BCUT2D eigenvalue weighted by Gasteiger charge is 2.14. The highest BCUT2D eigenvalue weighted by Crippen LogP contribution is 2.31. The van der Waals surface area contributed by atoms with Crippen LogP contribution in [-0.2, 0) is 0 Å². The lowest BCUT2D eigenvalue weighted by Crippen LogP contribution is -2.17. The number of methoxy groups -OCH3 is 1. The molecule has 0 spiro atoms. The standard InChI is InChI=1S/C16H17Br2NO/c1-10-8-11(4-6-13(10)17)16(19-2)12-5-7-15(20-3)14(18)9-12/h4-9,16,19H,1-3H3. The van der Waals surface area contributed by atoms with Crippen LogP contribution in [0.4, 0.5) is 0 Å². The van der Waals surface area contributed by atoms with Gasteiger partial charge in [-0.2, -0.15) is 0 Å². The molecule has 4 heteroatoms. The second kappa shape index (κ2) is 6.74. The van der Waals surface area contributed by atoms with Crippen molar-refractivity contribution in [2.75, 3.05) is 14.2 Å². The van der Waals surface area contributed by atoms with Crippen LogP contribution < -0.4 is 10.1 Å². The van der Waals surface area contributed by atoms with Crippen molar-refractivity contribution in [3.63, 3.8) is 0 Å². The number of hydrogen-bond acceptors (Lipinski definition) is 2. The van der Waals surface area contributed by atoms with E-state index in [2.05, 4.69) is 74.4 Å². The molecule has 0 aliphatic carbocycles. The topological polar surface area (TPSA) is 21.3 Å². The van der Waals surface area contributed by atoms with E-state index < -0.39 is 0 Å². The normalized spacial score (nSPS) is 12.2. The van der Waals surface area contributed by atoms with Gasteiger partial charge in [-0.25, -0.2) is 0 Å². The first-order valence-electron chi connectivity index (χ1n) is 6.33. The Labute approximate surface area is 136 Å². The Morgan fingerprint density at radius 3 is 2.20 bits per heavy atom. The van der Waals surface area contributed by atoms with Crippen molar-refractivity contribution in [3.8, 4) is 5.75 Å². The summed E-state index contributed by atoms with van der Waals surface area (Å²) < 4.78 is 7.38. The van der Waals surface area contributed by atoms with Crippen LogP contribution in [0.1, 0.15) is 22.7 Å². The molecule has 0 radical (unpaired) electrons. The van der Waals surface area contributed by atoms with Crippen LogP contribution in [0.2, 0.25) is 0 Å². The summed E-state index contributed by atoms with van der Waals surface area (Å²) in [6.45, 7) is 2.10. The molecule has 0 heterocycles. The first kappa shape index (κ1) is 15.5. The van der Waals surface area contributed by atoms with E-state index >= 15 is 0 Å². The van der Waals surface area contributed by atoms with Crippen LogP contribution in [0.5, 0.6) is 5.75 Å². The monoisotopic (exact) mass is 397 g/mol. The van der Waals surface area contributed by atoms with E-state index in [0.717, 1.165) is 14.7 Å². The zero-order valence-electron chi connectivity index (χ0n) is 11.7. The number of ether oxygens (including phenoxy) is 1. The Bertz CT molecular complexity index is 613. The summed E-state index contributed by atoms with van der Waals surface area (Å²) in [6, 6.07) is 12.7. The van der Waals surface area contributed by atoms with Crippen molar-refractivity contribution in [1.29, 1.82) is 0 Å². The summed E-state index contributed by atoms with van der Waals surface area (Å²) in [7, 11) is 3.65. The lowest BCUT2D eigenvalue weighted by atomic mass is 9.97. The lowest BCUT2D eigenvalue weighted by Gasteiger charge is -2.19. The van der Waals surface area contributed by atoms with Gasteiger partial charge in [0, 0.05) is 4.47 Å². The third-order valence-corrected chi connectivity index (χ3v) is 4.82. The van der Waals surface area contributed by atoms with Gasteiger partial charge in [-0.1, -0.05) is 34.1 Å². The van der Waals surface area contributed by atoms with Crippen molar-refractivity contribution in [1.82, 2.24) is 5.32 Å². The second-order valence-corrected chi connectivity index (χ2v) is 6.33. The van der Waals surface area contributed by atoms with Gasteiger partial charge in [0.25, 0.3) is 0 Å². The quantitative estimate of drug-likeness (QED) is 0.795. The smallest absolute Gasteiger partial charge is 0.133 e. The zero-order valence-corrected chi connectivity index (χ0v) is 14.9. The van der Waals surface area contributed by atoms with Gasteiger partial charge in [0.15, 0.2) is 0 Å². The summed E-state index contributed by atoms with van der Waals surface area (Å²) in [4.78, 5) is 0. The molecule has 0 aliphatic heterocycles. The number of aryl methyl sites for hydroxylation is 1. The van der Waals surface area contributed by atoms with Gasteiger partial charge in [0.1, 0.15) is 5.75 Å². The maximum Gasteiger partial charge on any atom is 0.133 e. The molecule has 0 aromatic heterocycles. The molecule has 2 aromatic carbocycles. The molecule has 0 amide bonds. The third-order valence-electron chi connectivity index (χ3n) is 3.31. The Hall–Kier alpha value is -0.840. The van der Waals surface area contributed by atoms with Crippen LogP contribution in [0.3, 0.4) is 0 Å². The number of benzene rings is 2. The van der Waals surface area contributed by atoms with Gasteiger partial charge in [0.2, 0.25) is 0 Å². The molecule has 1 N–H and O–H groups in total. The van der Waals surface area contributed by atoms with E-state index in [1.54, 1.807) is 7.11 Å². The third kappa shape index (κ3) is 3.25. The van der Waals surface area contributed by atoms with Crippen LogP contribution in [0, 0.1) is 6.92 Å². The minimum atomic E-state index is 0.156. The van der Waals surface area contributed by atoms with Crippen LogP contribution >= 0.6 is 31.9 Å². The van der Waals surface area contributed by atoms with Gasteiger partial charge in [0.05, 0.1) is 17.6 Å². The largest absolute Gasteiger partial charge is 0.496 e. The number of rotatable bonds is 4. The molecule has 1 atom stereocenters. The van der Waals surface area contributed by atoms with E-state index in [-0.39, 0.29) is 6.04 Å². The van der Waals surface area contributed by atoms with Crippen LogP contribution in [0.25, 0.3) is 0 Å². The fourth-order valence-electron chi connectivity index (χ4n) is 2.24. The molecular formula is C16H17Br2NO. The van der Waals surface area contributed by atoms with Crippen molar-refractivity contribution < 1.29 is 4.74 Å². The van der Waals surface area contributed by atoms with Gasteiger partial charge in [-0.3, -0.25) is 0 Å². The molecule has 20 heavy (non-hydrogen) atoms. The SMILES string of the molecule is CNC(c1ccc(Br)c(C)c1)c1ccc(OC)c(Br)c1. The van der Waals surface area contributed by atoms with Gasteiger partial charge >= 0.3 is 0 Å². The fourth-order valence-corrected chi connectivity index (χ4v) is 3.04. The molecular weight excluding hydrogens is 382 g/mol. The van der Waals surface area contributed by atoms with E-state index in [0.29, 0.717) is 0 Å². The molecule has 0 aliphatic rings. The summed E-state index contributed by atoms with van der Waals surface area (Å²) in [5, 5.41) is 3.37. The minimum absolute atomic E-state index is 0.156. The molecule has 106 valence electrons. The van der Waals surface area contributed by atoms with Crippen molar-refractivity contribution >= 4 is 31.9 Å². The van der Waals surface area contributed by atoms with Crippen molar-refractivity contribution in [3.05, 3.63) is 62.0 Å². The fraction of sp³-hybridized carbons (Fsp3) is 0.250. The van der Waals surface area contributed by atoms with E-state index in [1.165, 1.54) is 16.7 Å². The van der Waals surface area contributed by atoms with Gasteiger partial charge in [-0.15, -0.1) is 0 Å². The van der Waals surface area contributed by atoms with Crippen LogP contribution in [-0.4, -0.2) is 14.2 Å². The van der Waals surface area contributed by atoms with E-state index in [1.807, 2.05) is 13.1 Å². The zero-order chi connectivity index (χ0) is 14.7. The molecule has 0 saturated heterocycles. The van der Waals surface area contributed by atoms with Crippen molar-refractivity contribution in [2.24, 2.45) is 0 Å². The maximum absolute atomic E-state index is 5.28. The minimum Gasteiger partial charge on any atom is -0.496 e. The lowest BCUT2D eigenvalue weighted by molar-refractivity contribution is 0.412. The molecule has 0 fully saturated rings. The number of halogens is 2. The summed E-state index contributed by atoms with van der Waals surface area (Å²) in [5.41, 5.74) is 3.67. The average Bonchev–Trinajstić information content (AvgIpc) is 2.44. The molecule has 2 rings (SSSR count). The van der Waals surface area contributed by atoms with E-state index in [4.69, 9.17) is 4.74 Å². The molecule has 2 nitrogen and oxygen atoms in total. The highest BCUT2D eigenvalue weighted by atomic mass is 79.9. The predicted octanol–water partition coefficient (Wildman–Crippen LogP) is 4.84. The average molecular weight is 399 g/mol. The van der Waals surface area contributed by atoms with E-state index in [9.17, 15) is 0 Å². The Morgan fingerprint density at radius 2 is 1.65 bits per heavy atom. The summed E-state index contributed by atoms with van der Waals surface area (Å²) >= 11 is 7.09. The summed E-state index contributed by atoms with van der Waals surface area (Å²) in [6.07, 6.45) is 0. The van der Waals surface area contributed by atoms with Gasteiger partial charge < -0.3 is 10.1 Å². The number of nitrogens with one attached hydrogen (secondary N) is 1. The summed E-state index contributed by atoms with van der Waals surface area (Å²) in [5.74, 6) is 0.843. The Balaban J connectivity index is 2.41. The predicted molar refractivity (Wildman–Crippen MR) is 90.5 cm³/mol. The second-order valence-electron chi connectivity index (χ2n) is 4.62. The maximum atomic E-state index is 5.28. The van der Waals surface area contributed by atoms with Crippen molar-refractivity contribution in [2.45, 2.75) is 13.0 Å². The first-order valence-corrected chi connectivity index (χ1v) is 7.92. The Morgan fingerprint density at radius 1 is 1.00 bits per heavy atom. The number of hydrogen-bond donors (Lipinski definition) is 1. The molecule has 0 bridgehead atoms. The molecule has 2 aromatic rings. The Kier molecular flexibility index (Phi) is 5.24. The molecule has 0 saturated carbocycles. The van der Waals surface area contributed by atoms with Crippen LogP contribution in [0.15, 0.2) is 45.3 Å². The highest BCUT2D eigenvalue weighted by molar-refractivity contribution is 9.10. The molecule has 1 unspecified atom stereocenters. The van der Waals surface area contributed by atoms with Gasteiger partial charge in [-0.05, 0) is 64.8 Å².